The Labute approximate surface area is 111 Å². The van der Waals surface area contributed by atoms with Crippen LogP contribution >= 0.6 is 0 Å². The van der Waals surface area contributed by atoms with E-state index in [0.717, 1.165) is 10.6 Å². The van der Waals surface area contributed by atoms with E-state index < -0.39 is 17.1 Å². The van der Waals surface area contributed by atoms with Crippen molar-refractivity contribution in [3.63, 3.8) is 0 Å². The maximum atomic E-state index is 13.2. The minimum absolute atomic E-state index is 0.0173. The number of rotatable bonds is 1. The summed E-state index contributed by atoms with van der Waals surface area (Å²) in [4.78, 5) is 26.8. The maximum Gasteiger partial charge on any atom is 0.333 e. The van der Waals surface area contributed by atoms with Crippen molar-refractivity contribution in [3.05, 3.63) is 69.1 Å². The molecule has 0 atom stereocenters. The highest BCUT2D eigenvalue weighted by Crippen LogP contribution is 2.18. The molecular formula is C14H9FN2O3. The Morgan fingerprint density at radius 2 is 1.85 bits per heavy atom. The Morgan fingerprint density at radius 1 is 1.10 bits per heavy atom. The number of phenolic OH excluding ortho intramolecular Hbond substituents is 1. The molecule has 0 amide bonds. The molecule has 0 saturated heterocycles. The van der Waals surface area contributed by atoms with Gasteiger partial charge < -0.3 is 10.1 Å². The second-order valence-corrected chi connectivity index (χ2v) is 4.25. The zero-order valence-corrected chi connectivity index (χ0v) is 10.1. The first-order valence-corrected chi connectivity index (χ1v) is 5.81. The summed E-state index contributed by atoms with van der Waals surface area (Å²) in [6.07, 6.45) is 0. The second-order valence-electron chi connectivity index (χ2n) is 4.25. The topological polar surface area (TPSA) is 75.1 Å². The molecule has 0 radical (unpaired) electrons. The Bertz CT molecular complexity index is 928. The number of aromatic hydroxyl groups is 1. The van der Waals surface area contributed by atoms with E-state index in [-0.39, 0.29) is 22.3 Å². The average Bonchev–Trinajstić information content (AvgIpc) is 2.38. The van der Waals surface area contributed by atoms with Gasteiger partial charge in [0.25, 0.3) is 5.56 Å². The van der Waals surface area contributed by atoms with E-state index in [1.807, 2.05) is 0 Å². The fraction of sp³-hybridized carbons (Fsp3) is 0. The van der Waals surface area contributed by atoms with Crippen LogP contribution < -0.4 is 11.2 Å². The predicted molar refractivity (Wildman–Crippen MR) is 71.8 cm³/mol. The summed E-state index contributed by atoms with van der Waals surface area (Å²) in [7, 11) is 0. The standard InChI is InChI=1S/C14H9FN2O3/c15-8-3-1-4-9(7-8)17-13(19)12-10(16-14(17)20)5-2-6-11(12)18/h1-7,18H,(H,16,20). The number of phenols is 1. The SMILES string of the molecule is O=c1[nH]c2cccc(O)c2c(=O)n1-c1cccc(F)c1. The van der Waals surface area contributed by atoms with Crippen molar-refractivity contribution in [2.24, 2.45) is 0 Å². The Hall–Kier alpha value is -2.89. The quantitative estimate of drug-likeness (QED) is 0.705. The van der Waals surface area contributed by atoms with E-state index >= 15 is 0 Å². The second kappa shape index (κ2) is 4.34. The number of halogens is 1. The largest absolute Gasteiger partial charge is 0.507 e. The maximum absolute atomic E-state index is 13.2. The molecule has 0 fully saturated rings. The van der Waals surface area contributed by atoms with Crippen LogP contribution in [0.3, 0.4) is 0 Å². The van der Waals surface area contributed by atoms with Crippen LogP contribution in [-0.4, -0.2) is 14.7 Å². The lowest BCUT2D eigenvalue weighted by atomic mass is 10.2. The molecule has 100 valence electrons. The third-order valence-electron chi connectivity index (χ3n) is 2.97. The summed E-state index contributed by atoms with van der Waals surface area (Å²) in [5, 5.41) is 9.74. The lowest BCUT2D eigenvalue weighted by molar-refractivity contribution is 0.481. The molecule has 2 aromatic carbocycles. The van der Waals surface area contributed by atoms with E-state index in [2.05, 4.69) is 4.98 Å². The number of benzene rings is 2. The zero-order valence-electron chi connectivity index (χ0n) is 10.1. The van der Waals surface area contributed by atoms with E-state index in [1.165, 1.54) is 36.4 Å². The van der Waals surface area contributed by atoms with Crippen molar-refractivity contribution in [1.82, 2.24) is 9.55 Å². The van der Waals surface area contributed by atoms with Crippen LogP contribution in [0.5, 0.6) is 5.75 Å². The van der Waals surface area contributed by atoms with Crippen molar-refractivity contribution < 1.29 is 9.50 Å². The molecule has 0 aliphatic carbocycles. The highest BCUT2D eigenvalue weighted by atomic mass is 19.1. The van der Waals surface area contributed by atoms with E-state index in [9.17, 15) is 19.1 Å². The summed E-state index contributed by atoms with van der Waals surface area (Å²) < 4.78 is 14.0. The highest BCUT2D eigenvalue weighted by molar-refractivity contribution is 5.83. The molecule has 6 heteroatoms. The highest BCUT2D eigenvalue weighted by Gasteiger charge is 2.12. The first kappa shape index (κ1) is 12.2. The van der Waals surface area contributed by atoms with Gasteiger partial charge in [-0.1, -0.05) is 12.1 Å². The van der Waals surface area contributed by atoms with Gasteiger partial charge in [0.1, 0.15) is 17.0 Å². The summed E-state index contributed by atoms with van der Waals surface area (Å²) in [5.41, 5.74) is -1.07. The van der Waals surface area contributed by atoms with E-state index in [4.69, 9.17) is 0 Å². The summed E-state index contributed by atoms with van der Waals surface area (Å²) in [5.74, 6) is -0.805. The lowest BCUT2D eigenvalue weighted by Gasteiger charge is -2.07. The predicted octanol–water partition coefficient (Wildman–Crippen LogP) is 1.52. The van der Waals surface area contributed by atoms with Gasteiger partial charge >= 0.3 is 5.69 Å². The summed E-state index contributed by atoms with van der Waals surface area (Å²) in [6, 6.07) is 9.48. The molecule has 3 aromatic rings. The first-order valence-electron chi connectivity index (χ1n) is 5.81. The Balaban J connectivity index is 2.46. The summed E-state index contributed by atoms with van der Waals surface area (Å²) in [6.45, 7) is 0. The van der Waals surface area contributed by atoms with Gasteiger partial charge in [-0.05, 0) is 30.3 Å². The Morgan fingerprint density at radius 3 is 2.60 bits per heavy atom. The van der Waals surface area contributed by atoms with Crippen LogP contribution in [0.25, 0.3) is 16.6 Å². The van der Waals surface area contributed by atoms with Crippen molar-refractivity contribution in [2.75, 3.05) is 0 Å². The van der Waals surface area contributed by atoms with Gasteiger partial charge in [0.15, 0.2) is 0 Å². The molecule has 5 nitrogen and oxygen atoms in total. The number of aromatic amines is 1. The molecular weight excluding hydrogens is 263 g/mol. The summed E-state index contributed by atoms with van der Waals surface area (Å²) >= 11 is 0. The van der Waals surface area contributed by atoms with Gasteiger partial charge in [-0.3, -0.25) is 4.79 Å². The van der Waals surface area contributed by atoms with Crippen LogP contribution in [-0.2, 0) is 0 Å². The van der Waals surface area contributed by atoms with Gasteiger partial charge in [0.05, 0.1) is 11.2 Å². The number of fused-ring (bicyclic) bond motifs is 1. The molecule has 3 rings (SSSR count). The molecule has 0 unspecified atom stereocenters. The Kier molecular flexibility index (Phi) is 2.64. The van der Waals surface area contributed by atoms with Gasteiger partial charge in [-0.25, -0.2) is 13.8 Å². The molecule has 0 bridgehead atoms. The van der Waals surface area contributed by atoms with Gasteiger partial charge in [-0.2, -0.15) is 0 Å². The van der Waals surface area contributed by atoms with Crippen LogP contribution in [0, 0.1) is 5.82 Å². The molecule has 1 aromatic heterocycles. The molecule has 0 spiro atoms. The van der Waals surface area contributed by atoms with Crippen molar-refractivity contribution in [2.45, 2.75) is 0 Å². The first-order chi connectivity index (χ1) is 9.58. The van der Waals surface area contributed by atoms with Gasteiger partial charge in [0.2, 0.25) is 0 Å². The molecule has 0 aliphatic rings. The number of hydrogen-bond donors (Lipinski definition) is 2. The van der Waals surface area contributed by atoms with Crippen molar-refractivity contribution in [1.29, 1.82) is 0 Å². The third kappa shape index (κ3) is 1.78. The number of H-pyrrole nitrogens is 1. The average molecular weight is 272 g/mol. The van der Waals surface area contributed by atoms with Crippen molar-refractivity contribution >= 4 is 10.9 Å². The van der Waals surface area contributed by atoms with Crippen molar-refractivity contribution in [3.8, 4) is 11.4 Å². The molecule has 2 N–H and O–H groups in total. The number of aromatic nitrogens is 2. The van der Waals surface area contributed by atoms with Crippen LogP contribution in [0.1, 0.15) is 0 Å². The van der Waals surface area contributed by atoms with E-state index in [0.29, 0.717) is 0 Å². The monoisotopic (exact) mass is 272 g/mol. The van der Waals surface area contributed by atoms with Crippen LogP contribution in [0.15, 0.2) is 52.1 Å². The lowest BCUT2D eigenvalue weighted by Crippen LogP contribution is -2.33. The third-order valence-corrected chi connectivity index (χ3v) is 2.97. The van der Waals surface area contributed by atoms with E-state index in [1.54, 1.807) is 0 Å². The van der Waals surface area contributed by atoms with Gasteiger partial charge in [0, 0.05) is 0 Å². The zero-order chi connectivity index (χ0) is 14.3. The smallest absolute Gasteiger partial charge is 0.333 e. The minimum Gasteiger partial charge on any atom is -0.507 e. The fourth-order valence-corrected chi connectivity index (χ4v) is 2.09. The fourth-order valence-electron chi connectivity index (χ4n) is 2.09. The minimum atomic E-state index is -0.701. The van der Waals surface area contributed by atoms with Crippen LogP contribution in [0.4, 0.5) is 4.39 Å². The molecule has 0 aliphatic heterocycles. The normalized spacial score (nSPS) is 10.8. The molecule has 20 heavy (non-hydrogen) atoms. The molecule has 1 heterocycles. The molecule has 0 saturated carbocycles. The number of nitrogens with one attached hydrogen (secondary N) is 1. The number of nitrogens with zero attached hydrogens (tertiary/aromatic N) is 1. The van der Waals surface area contributed by atoms with Crippen LogP contribution in [0.2, 0.25) is 0 Å². The number of hydrogen-bond acceptors (Lipinski definition) is 3. The van der Waals surface area contributed by atoms with Gasteiger partial charge in [-0.15, -0.1) is 0 Å².